The van der Waals surface area contributed by atoms with Crippen LogP contribution in [0.1, 0.15) is 32.1 Å². The van der Waals surface area contributed by atoms with Crippen molar-refractivity contribution in [1.29, 1.82) is 0 Å². The summed E-state index contributed by atoms with van der Waals surface area (Å²) in [5.74, 6) is -9.01. The molecule has 0 aliphatic carbocycles. The molecule has 0 radical (unpaired) electrons. The van der Waals surface area contributed by atoms with Crippen LogP contribution in [0.3, 0.4) is 0 Å². The molecule has 0 aromatic heterocycles. The lowest BCUT2D eigenvalue weighted by molar-refractivity contribution is -0.144. The van der Waals surface area contributed by atoms with Crippen molar-refractivity contribution < 1.29 is 54.0 Å². The maximum atomic E-state index is 12.5. The van der Waals surface area contributed by atoms with Crippen molar-refractivity contribution in [2.24, 2.45) is 5.73 Å². The number of nitrogens with one attached hydrogen (secondary N) is 3. The highest BCUT2D eigenvalue weighted by atomic mass is 32.1. The van der Waals surface area contributed by atoms with Crippen LogP contribution in [0.25, 0.3) is 0 Å². The van der Waals surface area contributed by atoms with Gasteiger partial charge in [-0.05, 0) is 12.8 Å². The predicted molar refractivity (Wildman–Crippen MR) is 111 cm³/mol. The quantitative estimate of drug-likeness (QED) is 0.0971. The maximum absolute atomic E-state index is 12.5. The lowest BCUT2D eigenvalue weighted by Crippen LogP contribution is -2.58. The molecule has 0 aliphatic heterocycles. The molecule has 0 rings (SSSR count). The second-order valence-electron chi connectivity index (χ2n) is 6.77. The molecular weight excluding hydrogens is 468 g/mol. The van der Waals surface area contributed by atoms with Crippen LogP contribution in [-0.2, 0) is 33.6 Å². The van der Waals surface area contributed by atoms with E-state index in [-0.39, 0.29) is 12.2 Å². The van der Waals surface area contributed by atoms with E-state index in [1.54, 1.807) is 0 Å². The Hall–Kier alpha value is -3.40. The molecule has 186 valence electrons. The van der Waals surface area contributed by atoms with Crippen LogP contribution in [-0.4, -0.2) is 91.9 Å². The zero-order valence-corrected chi connectivity index (χ0v) is 18.1. The fraction of sp³-hybridized carbons (Fsp3) is 0.588. The Labute approximate surface area is 192 Å². The van der Waals surface area contributed by atoms with Gasteiger partial charge in [0.1, 0.15) is 18.1 Å². The molecule has 0 saturated carbocycles. The van der Waals surface area contributed by atoms with Crippen molar-refractivity contribution in [3.8, 4) is 0 Å². The Kier molecular flexibility index (Phi) is 13.1. The summed E-state index contributed by atoms with van der Waals surface area (Å²) in [6.07, 6.45) is -2.61. The van der Waals surface area contributed by atoms with Gasteiger partial charge in [-0.2, -0.15) is 12.6 Å². The summed E-state index contributed by atoms with van der Waals surface area (Å²) >= 11 is 3.88. The number of carbonyl (C=O) groups excluding carboxylic acids is 3. The lowest BCUT2D eigenvalue weighted by Gasteiger charge is -2.23. The normalized spacial score (nSPS) is 14.1. The standard InChI is InChI=1S/C17H26N4O11S/c18-7(1-3-11(22)23)14(28)20-9(5-13(26)27)15(29)21-10(6-33)16(30)19-8(17(31)32)2-4-12(24)25/h7-10,33H,1-6,18H2,(H,19,30)(H,20,28)(H,21,29)(H,22,23)(H,24,25)(H,26,27)(H,31,32). The summed E-state index contributed by atoms with van der Waals surface area (Å²) in [5, 5.41) is 41.6. The van der Waals surface area contributed by atoms with Crippen molar-refractivity contribution in [1.82, 2.24) is 16.0 Å². The van der Waals surface area contributed by atoms with Gasteiger partial charge in [0.2, 0.25) is 17.7 Å². The fourth-order valence-corrected chi connectivity index (χ4v) is 2.59. The molecule has 9 N–H and O–H groups in total. The van der Waals surface area contributed by atoms with Gasteiger partial charge in [-0.25, -0.2) is 4.79 Å². The molecule has 0 fully saturated rings. The van der Waals surface area contributed by atoms with Crippen molar-refractivity contribution in [3.05, 3.63) is 0 Å². The summed E-state index contributed by atoms with van der Waals surface area (Å²) in [6, 6.07) is -6.07. The van der Waals surface area contributed by atoms with Crippen LogP contribution in [0.5, 0.6) is 0 Å². The number of hydrogen-bond acceptors (Lipinski definition) is 9. The van der Waals surface area contributed by atoms with Crippen LogP contribution in [0.2, 0.25) is 0 Å². The van der Waals surface area contributed by atoms with Crippen LogP contribution in [0.15, 0.2) is 0 Å². The van der Waals surface area contributed by atoms with Crippen molar-refractivity contribution in [3.63, 3.8) is 0 Å². The summed E-state index contributed by atoms with van der Waals surface area (Å²) in [5.41, 5.74) is 5.53. The molecule has 0 bridgehead atoms. The van der Waals surface area contributed by atoms with Crippen molar-refractivity contribution in [2.45, 2.75) is 56.3 Å². The molecule has 0 spiro atoms. The maximum Gasteiger partial charge on any atom is 0.326 e. The number of carboxylic acids is 4. The molecule has 0 saturated heterocycles. The van der Waals surface area contributed by atoms with Crippen molar-refractivity contribution >= 4 is 54.2 Å². The second kappa shape index (κ2) is 14.6. The molecule has 0 aromatic rings. The Bertz CT molecular complexity index is 776. The first-order valence-electron chi connectivity index (χ1n) is 9.44. The SMILES string of the molecule is NC(CCC(=O)O)C(=O)NC(CC(=O)O)C(=O)NC(CS)C(=O)NC(CCC(=O)O)C(=O)O. The van der Waals surface area contributed by atoms with Gasteiger partial charge in [0.05, 0.1) is 12.5 Å². The first kappa shape index (κ1) is 29.6. The minimum Gasteiger partial charge on any atom is -0.481 e. The highest BCUT2D eigenvalue weighted by Gasteiger charge is 2.31. The molecule has 4 unspecified atom stereocenters. The molecule has 15 nitrogen and oxygen atoms in total. The number of aliphatic carboxylic acids is 4. The highest BCUT2D eigenvalue weighted by molar-refractivity contribution is 7.80. The molecule has 16 heteroatoms. The van der Waals surface area contributed by atoms with E-state index in [0.717, 1.165) is 0 Å². The Morgan fingerprint density at radius 1 is 0.667 bits per heavy atom. The molecular formula is C17H26N4O11S. The van der Waals surface area contributed by atoms with Gasteiger partial charge in [0, 0.05) is 18.6 Å². The zero-order valence-electron chi connectivity index (χ0n) is 17.2. The number of carboxylic acid groups (broad SMARTS) is 4. The third-order valence-electron chi connectivity index (χ3n) is 4.09. The minimum atomic E-state index is -1.69. The number of rotatable bonds is 16. The lowest BCUT2D eigenvalue weighted by atomic mass is 10.1. The smallest absolute Gasteiger partial charge is 0.326 e. The number of amides is 3. The summed E-state index contributed by atoms with van der Waals surface area (Å²) < 4.78 is 0. The second-order valence-corrected chi connectivity index (χ2v) is 7.14. The average molecular weight is 494 g/mol. The summed E-state index contributed by atoms with van der Waals surface area (Å²) in [7, 11) is 0. The zero-order chi connectivity index (χ0) is 25.7. The van der Waals surface area contributed by atoms with Crippen LogP contribution in [0.4, 0.5) is 0 Å². The van der Waals surface area contributed by atoms with E-state index < -0.39 is 91.4 Å². The van der Waals surface area contributed by atoms with E-state index in [1.807, 2.05) is 5.32 Å². The number of hydrogen-bond donors (Lipinski definition) is 9. The van der Waals surface area contributed by atoms with E-state index in [9.17, 15) is 33.6 Å². The molecule has 3 amide bonds. The largest absolute Gasteiger partial charge is 0.481 e. The number of thiol groups is 1. The van der Waals surface area contributed by atoms with Gasteiger partial charge in [0.25, 0.3) is 0 Å². The monoisotopic (exact) mass is 494 g/mol. The molecule has 0 heterocycles. The van der Waals surface area contributed by atoms with E-state index in [2.05, 4.69) is 23.3 Å². The van der Waals surface area contributed by atoms with Gasteiger partial charge in [-0.3, -0.25) is 28.8 Å². The Morgan fingerprint density at radius 3 is 1.58 bits per heavy atom. The molecule has 4 atom stereocenters. The number of nitrogens with two attached hydrogens (primary N) is 1. The molecule has 33 heavy (non-hydrogen) atoms. The van der Waals surface area contributed by atoms with Crippen LogP contribution < -0.4 is 21.7 Å². The van der Waals surface area contributed by atoms with E-state index in [4.69, 9.17) is 26.2 Å². The van der Waals surface area contributed by atoms with Crippen LogP contribution in [0, 0.1) is 0 Å². The summed E-state index contributed by atoms with van der Waals surface area (Å²) in [6.45, 7) is 0. The molecule has 0 aromatic carbocycles. The van der Waals surface area contributed by atoms with Crippen molar-refractivity contribution in [2.75, 3.05) is 5.75 Å². The van der Waals surface area contributed by atoms with Gasteiger partial charge < -0.3 is 42.1 Å². The van der Waals surface area contributed by atoms with Gasteiger partial charge in [-0.1, -0.05) is 0 Å². The topological polar surface area (TPSA) is 263 Å². The van der Waals surface area contributed by atoms with Crippen LogP contribution >= 0.6 is 12.6 Å². The predicted octanol–water partition coefficient (Wildman–Crippen LogP) is -3.01. The third kappa shape index (κ3) is 12.3. The first-order valence-corrected chi connectivity index (χ1v) is 10.1. The fourth-order valence-electron chi connectivity index (χ4n) is 2.34. The van der Waals surface area contributed by atoms with E-state index in [1.165, 1.54) is 0 Å². The van der Waals surface area contributed by atoms with E-state index >= 15 is 0 Å². The van der Waals surface area contributed by atoms with Gasteiger partial charge in [0.15, 0.2) is 0 Å². The van der Waals surface area contributed by atoms with Gasteiger partial charge in [-0.15, -0.1) is 0 Å². The number of carbonyl (C=O) groups is 7. The summed E-state index contributed by atoms with van der Waals surface area (Å²) in [4.78, 5) is 80.4. The Balaban J connectivity index is 5.24. The molecule has 0 aliphatic rings. The Morgan fingerprint density at radius 2 is 1.12 bits per heavy atom. The van der Waals surface area contributed by atoms with Gasteiger partial charge >= 0.3 is 23.9 Å². The first-order chi connectivity index (χ1) is 15.3. The highest BCUT2D eigenvalue weighted by Crippen LogP contribution is 2.03. The third-order valence-corrected chi connectivity index (χ3v) is 4.46. The van der Waals surface area contributed by atoms with E-state index in [0.29, 0.717) is 0 Å². The minimum absolute atomic E-state index is 0.281. The average Bonchev–Trinajstić information content (AvgIpc) is 2.71.